The minimum Gasteiger partial charge on any atom is -0.481 e. The van der Waals surface area contributed by atoms with Crippen LogP contribution in [0.3, 0.4) is 0 Å². The van der Waals surface area contributed by atoms with Crippen molar-refractivity contribution in [3.63, 3.8) is 0 Å². The van der Waals surface area contributed by atoms with Crippen molar-refractivity contribution in [1.29, 1.82) is 0 Å². The highest BCUT2D eigenvalue weighted by Gasteiger charge is 2.56. The summed E-state index contributed by atoms with van der Waals surface area (Å²) in [5.74, 6) is -4.27. The smallest absolute Gasteiger partial charge is 0.321 e. The Hall–Kier alpha value is -1.67. The normalized spacial score (nSPS) is 36.4. The summed E-state index contributed by atoms with van der Waals surface area (Å²) in [7, 11) is 0. The van der Waals surface area contributed by atoms with E-state index in [2.05, 4.69) is 0 Å². The summed E-state index contributed by atoms with van der Waals surface area (Å²) in [6, 6.07) is 0. The number of hydrogen-bond donors (Lipinski definition) is 3. The number of carbonyl (C=O) groups is 3. The molecule has 2 aliphatic heterocycles. The van der Waals surface area contributed by atoms with Gasteiger partial charge in [-0.1, -0.05) is 0 Å². The molecule has 0 bridgehead atoms. The number of epoxide rings is 2. The van der Waals surface area contributed by atoms with Crippen molar-refractivity contribution < 1.29 is 39.2 Å². The van der Waals surface area contributed by atoms with E-state index in [1.165, 1.54) is 0 Å². The van der Waals surface area contributed by atoms with E-state index in [1.807, 2.05) is 0 Å². The van der Waals surface area contributed by atoms with E-state index in [0.29, 0.717) is 18.9 Å². The summed E-state index contributed by atoms with van der Waals surface area (Å²) in [6.07, 6.45) is 6.11. The Morgan fingerprint density at radius 2 is 1.38 bits per heavy atom. The van der Waals surface area contributed by atoms with Crippen molar-refractivity contribution in [2.45, 2.75) is 88.6 Å². The number of rotatable bonds is 10. The Morgan fingerprint density at radius 3 is 1.90 bits per heavy atom. The van der Waals surface area contributed by atoms with Crippen molar-refractivity contribution in [3.05, 3.63) is 0 Å². The number of ether oxygens (including phenoxy) is 2. The summed E-state index contributed by atoms with van der Waals surface area (Å²) < 4.78 is 11.1. The summed E-state index contributed by atoms with van der Waals surface area (Å²) in [5, 5.41) is 29.5. The Bertz CT molecular complexity index is 662. The molecule has 4 rings (SSSR count). The molecule has 2 saturated heterocycles. The van der Waals surface area contributed by atoms with Crippen molar-refractivity contribution in [3.8, 4) is 0 Å². The van der Waals surface area contributed by atoms with Gasteiger partial charge in [-0.05, 0) is 75.5 Å². The fraction of sp³-hybridized carbons (Fsp3) is 0.857. The van der Waals surface area contributed by atoms with Gasteiger partial charge in [-0.25, -0.2) is 0 Å². The minimum atomic E-state index is -1.96. The van der Waals surface area contributed by atoms with Crippen LogP contribution in [0.4, 0.5) is 0 Å². The minimum absolute atomic E-state index is 0.0271. The van der Waals surface area contributed by atoms with Gasteiger partial charge in [0.25, 0.3) is 0 Å². The molecule has 0 aromatic carbocycles. The highest BCUT2D eigenvalue weighted by atomic mass is 16.6. The van der Waals surface area contributed by atoms with Crippen molar-refractivity contribution in [2.75, 3.05) is 0 Å². The number of aliphatic carboxylic acids is 3. The first-order valence-electron chi connectivity index (χ1n) is 10.8. The molecule has 2 heterocycles. The van der Waals surface area contributed by atoms with Crippen molar-refractivity contribution in [1.82, 2.24) is 0 Å². The predicted molar refractivity (Wildman–Crippen MR) is 99.3 cm³/mol. The van der Waals surface area contributed by atoms with Crippen LogP contribution in [-0.4, -0.2) is 57.6 Å². The fourth-order valence-corrected chi connectivity index (χ4v) is 5.88. The zero-order valence-corrected chi connectivity index (χ0v) is 16.5. The number of hydrogen-bond acceptors (Lipinski definition) is 5. The molecule has 0 amide bonds. The molecule has 0 radical (unpaired) electrons. The van der Waals surface area contributed by atoms with E-state index in [-0.39, 0.29) is 49.4 Å². The lowest BCUT2D eigenvalue weighted by Crippen LogP contribution is -2.48. The summed E-state index contributed by atoms with van der Waals surface area (Å²) >= 11 is 0. The average molecular weight is 410 g/mol. The molecule has 0 aromatic rings. The lowest BCUT2D eigenvalue weighted by atomic mass is 9.63. The first kappa shape index (κ1) is 20.6. The third kappa shape index (κ3) is 4.28. The van der Waals surface area contributed by atoms with Gasteiger partial charge in [0.2, 0.25) is 0 Å². The van der Waals surface area contributed by atoms with Gasteiger partial charge < -0.3 is 24.8 Å². The van der Waals surface area contributed by atoms with Crippen LogP contribution in [0, 0.1) is 23.2 Å². The van der Waals surface area contributed by atoms with Crippen LogP contribution in [0.15, 0.2) is 0 Å². The quantitative estimate of drug-likeness (QED) is 0.369. The number of fused-ring (bicyclic) bond motifs is 2. The maximum Gasteiger partial charge on any atom is 0.321 e. The third-order valence-electron chi connectivity index (χ3n) is 7.62. The van der Waals surface area contributed by atoms with Gasteiger partial charge in [-0.2, -0.15) is 0 Å². The molecule has 8 heteroatoms. The summed E-state index contributed by atoms with van der Waals surface area (Å²) in [4.78, 5) is 36.1. The highest BCUT2D eigenvalue weighted by Crippen LogP contribution is 2.50. The molecule has 29 heavy (non-hydrogen) atoms. The second-order valence-corrected chi connectivity index (χ2v) is 9.43. The van der Waals surface area contributed by atoms with Gasteiger partial charge in [0.1, 0.15) is 0 Å². The van der Waals surface area contributed by atoms with E-state index >= 15 is 0 Å². The topological polar surface area (TPSA) is 137 Å². The number of carboxylic acids is 3. The molecule has 7 unspecified atom stereocenters. The standard InChI is InChI=1S/C21H30O8/c22-18(23)6-3-13(7-11-1-4-14-16(8-11)28-14)21(19(24)25,20(26)27)10-12-2-5-15-17(9-12)29-15/h11-17H,1-10H2,(H,22,23)(H,24,25)(H,26,27). The van der Waals surface area contributed by atoms with Crippen molar-refractivity contribution >= 4 is 17.9 Å². The first-order valence-corrected chi connectivity index (χ1v) is 10.8. The lowest BCUT2D eigenvalue weighted by Gasteiger charge is -2.38. The van der Waals surface area contributed by atoms with Gasteiger partial charge in [-0.15, -0.1) is 0 Å². The van der Waals surface area contributed by atoms with Crippen LogP contribution < -0.4 is 0 Å². The fourth-order valence-electron chi connectivity index (χ4n) is 5.88. The second-order valence-electron chi connectivity index (χ2n) is 9.43. The molecule has 4 aliphatic rings. The van der Waals surface area contributed by atoms with Crippen LogP contribution in [0.1, 0.15) is 64.2 Å². The summed E-state index contributed by atoms with van der Waals surface area (Å²) in [6.45, 7) is 0. The van der Waals surface area contributed by atoms with Gasteiger partial charge in [0.05, 0.1) is 24.4 Å². The molecule has 2 saturated carbocycles. The molecular weight excluding hydrogens is 380 g/mol. The molecule has 162 valence electrons. The Morgan fingerprint density at radius 1 is 0.828 bits per heavy atom. The predicted octanol–water partition coefficient (Wildman–Crippen LogP) is 2.54. The van der Waals surface area contributed by atoms with Gasteiger partial charge in [-0.3, -0.25) is 14.4 Å². The van der Waals surface area contributed by atoms with Gasteiger partial charge in [0.15, 0.2) is 5.41 Å². The van der Waals surface area contributed by atoms with Crippen LogP contribution in [0.25, 0.3) is 0 Å². The van der Waals surface area contributed by atoms with Gasteiger partial charge in [0, 0.05) is 6.42 Å². The maximum atomic E-state index is 12.4. The molecule has 4 fully saturated rings. The van der Waals surface area contributed by atoms with Crippen molar-refractivity contribution in [2.24, 2.45) is 23.2 Å². The zero-order valence-electron chi connectivity index (χ0n) is 16.5. The monoisotopic (exact) mass is 410 g/mol. The molecule has 0 aromatic heterocycles. The molecule has 0 spiro atoms. The van der Waals surface area contributed by atoms with E-state index < -0.39 is 29.2 Å². The lowest BCUT2D eigenvalue weighted by molar-refractivity contribution is -0.173. The zero-order chi connectivity index (χ0) is 20.8. The third-order valence-corrected chi connectivity index (χ3v) is 7.62. The Kier molecular flexibility index (Phi) is 5.59. The largest absolute Gasteiger partial charge is 0.481 e. The van der Waals surface area contributed by atoms with Crippen LogP contribution >= 0.6 is 0 Å². The molecule has 2 aliphatic carbocycles. The van der Waals surface area contributed by atoms with E-state index in [1.54, 1.807) is 0 Å². The maximum absolute atomic E-state index is 12.4. The van der Waals surface area contributed by atoms with E-state index in [4.69, 9.17) is 9.47 Å². The first-order chi connectivity index (χ1) is 13.8. The SMILES string of the molecule is O=C(O)CCC(CC1CCC2OC2C1)C(CC1CCC2OC2C1)(C(=O)O)C(=O)O. The van der Waals surface area contributed by atoms with Gasteiger partial charge >= 0.3 is 17.9 Å². The Labute approximate surface area is 169 Å². The molecular formula is C21H30O8. The molecule has 3 N–H and O–H groups in total. The molecule has 8 nitrogen and oxygen atoms in total. The Balaban J connectivity index is 1.55. The molecule has 7 atom stereocenters. The highest BCUT2D eigenvalue weighted by molar-refractivity contribution is 5.98. The van der Waals surface area contributed by atoms with Crippen LogP contribution in [0.5, 0.6) is 0 Å². The number of carboxylic acid groups (broad SMARTS) is 3. The van der Waals surface area contributed by atoms with Crippen LogP contribution in [0.2, 0.25) is 0 Å². The van der Waals surface area contributed by atoms with E-state index in [9.17, 15) is 29.7 Å². The second kappa shape index (κ2) is 7.87. The average Bonchev–Trinajstić information content (AvgIpc) is 3.56. The summed E-state index contributed by atoms with van der Waals surface area (Å²) in [5.41, 5.74) is -1.96. The van der Waals surface area contributed by atoms with E-state index in [0.717, 1.165) is 32.1 Å². The van der Waals surface area contributed by atoms with Crippen LogP contribution in [-0.2, 0) is 23.9 Å².